The van der Waals surface area contributed by atoms with Gasteiger partial charge in [0.1, 0.15) is 17.0 Å². The first kappa shape index (κ1) is 37.7. The highest BCUT2D eigenvalue weighted by atomic mass is 35.7. The second-order valence-electron chi connectivity index (χ2n) is 13.9. The van der Waals surface area contributed by atoms with Gasteiger partial charge in [-0.25, -0.2) is 9.59 Å². The van der Waals surface area contributed by atoms with E-state index in [0.717, 1.165) is 77.2 Å². The molecule has 1 aliphatic heterocycles. The van der Waals surface area contributed by atoms with Gasteiger partial charge in [-0.15, -0.1) is 0 Å². The standard InChI is InChI=1S/C41H47ClO9S/c1-4-40(20-10-11-21-40)50-36(43)25-32(39(46)49-26-37(44)48-27-38(45)51-41(5-2)22-12-13-23-41)31-24-28(18-19-33(31)47-3)52(42)34-16-8-6-14-29(34)30-15-7-9-17-35(30)52/h6-9,14-19,24,32H,4-5,10-13,20-23,25-27H2,1-3H3. The van der Waals surface area contributed by atoms with E-state index >= 15 is 0 Å². The first-order valence-electron chi connectivity index (χ1n) is 18.2. The monoisotopic (exact) mass is 750 g/mol. The number of ether oxygens (including phenoxy) is 5. The topological polar surface area (TPSA) is 114 Å². The molecule has 0 radical (unpaired) electrons. The van der Waals surface area contributed by atoms with Crippen LogP contribution in [0.5, 0.6) is 5.75 Å². The molecule has 52 heavy (non-hydrogen) atoms. The summed E-state index contributed by atoms with van der Waals surface area (Å²) < 4.78 is 28.1. The molecule has 3 aromatic carbocycles. The highest BCUT2D eigenvalue weighted by molar-refractivity contribution is 8.51. The van der Waals surface area contributed by atoms with E-state index in [1.165, 1.54) is 7.11 Å². The zero-order valence-electron chi connectivity index (χ0n) is 30.1. The van der Waals surface area contributed by atoms with Crippen molar-refractivity contribution in [1.82, 2.24) is 0 Å². The Kier molecular flexibility index (Phi) is 11.6. The zero-order chi connectivity index (χ0) is 36.9. The normalized spacial score (nSPS) is 18.7. The highest BCUT2D eigenvalue weighted by Gasteiger charge is 2.42. The zero-order valence-corrected chi connectivity index (χ0v) is 31.7. The van der Waals surface area contributed by atoms with E-state index in [4.69, 9.17) is 34.4 Å². The summed E-state index contributed by atoms with van der Waals surface area (Å²) >= 11 is 0. The molecule has 0 spiro atoms. The highest BCUT2D eigenvalue weighted by Crippen LogP contribution is 2.79. The summed E-state index contributed by atoms with van der Waals surface area (Å²) in [4.78, 5) is 55.6. The number of hydrogen-bond acceptors (Lipinski definition) is 9. The van der Waals surface area contributed by atoms with Crippen molar-refractivity contribution >= 4 is 43.8 Å². The van der Waals surface area contributed by atoms with Crippen LogP contribution in [0, 0.1) is 0 Å². The summed E-state index contributed by atoms with van der Waals surface area (Å²) in [5, 5.41) is 0. The number of carbonyl (C=O) groups is 4. The van der Waals surface area contributed by atoms with E-state index in [1.807, 2.05) is 74.5 Å². The van der Waals surface area contributed by atoms with E-state index < -0.39 is 63.5 Å². The Morgan fingerprint density at radius 1 is 0.712 bits per heavy atom. The Balaban J connectivity index is 1.26. The largest absolute Gasteiger partial charge is 0.496 e. The molecule has 1 unspecified atom stereocenters. The van der Waals surface area contributed by atoms with Gasteiger partial charge in [-0.1, -0.05) is 70.2 Å². The number of carbonyl (C=O) groups excluding carboxylic acids is 4. The third-order valence-corrected chi connectivity index (χ3v) is 15.2. The van der Waals surface area contributed by atoms with Gasteiger partial charge in [0.2, 0.25) is 0 Å². The van der Waals surface area contributed by atoms with E-state index in [1.54, 1.807) is 6.07 Å². The predicted octanol–water partition coefficient (Wildman–Crippen LogP) is 9.20. The lowest BCUT2D eigenvalue weighted by molar-refractivity contribution is -0.173. The van der Waals surface area contributed by atoms with Gasteiger partial charge in [0.05, 0.1) is 19.4 Å². The molecule has 0 saturated heterocycles. The molecule has 0 amide bonds. The summed E-state index contributed by atoms with van der Waals surface area (Å²) in [6, 6.07) is 21.5. The fraction of sp³-hybridized carbons (Fsp3) is 0.463. The molecule has 0 bridgehead atoms. The second kappa shape index (κ2) is 15.9. The molecule has 1 atom stereocenters. The van der Waals surface area contributed by atoms with Crippen LogP contribution in [-0.4, -0.2) is 55.4 Å². The van der Waals surface area contributed by atoms with Crippen LogP contribution in [0.3, 0.4) is 0 Å². The molecule has 2 saturated carbocycles. The average Bonchev–Trinajstić information content (AvgIpc) is 3.90. The van der Waals surface area contributed by atoms with Crippen molar-refractivity contribution in [1.29, 1.82) is 0 Å². The molecule has 11 heteroatoms. The Hall–Kier alpha value is -4.02. The number of fused-ring (bicyclic) bond motifs is 3. The molecular formula is C41H47ClO9S. The van der Waals surface area contributed by atoms with Crippen molar-refractivity contribution in [3.05, 3.63) is 72.3 Å². The van der Waals surface area contributed by atoms with E-state index in [9.17, 15) is 19.2 Å². The minimum absolute atomic E-state index is 0.349. The van der Waals surface area contributed by atoms with Crippen molar-refractivity contribution in [3.63, 3.8) is 0 Å². The van der Waals surface area contributed by atoms with Gasteiger partial charge in [-0.3, -0.25) is 9.59 Å². The van der Waals surface area contributed by atoms with Crippen molar-refractivity contribution in [2.24, 2.45) is 0 Å². The number of benzene rings is 3. The summed E-state index contributed by atoms with van der Waals surface area (Å²) in [5.74, 6) is -3.80. The second-order valence-corrected chi connectivity index (χ2v) is 17.7. The maximum Gasteiger partial charge on any atom is 0.344 e. The smallest absolute Gasteiger partial charge is 0.344 e. The van der Waals surface area contributed by atoms with Gasteiger partial charge >= 0.3 is 23.9 Å². The molecule has 3 aliphatic rings. The van der Waals surface area contributed by atoms with Crippen molar-refractivity contribution < 1.29 is 42.9 Å². The third kappa shape index (κ3) is 7.55. The molecule has 0 N–H and O–H groups in total. The number of esters is 4. The molecule has 1 heterocycles. The summed E-state index contributed by atoms with van der Waals surface area (Å²) in [5.41, 5.74) is 1.36. The maximum absolute atomic E-state index is 14.0. The van der Waals surface area contributed by atoms with Gasteiger partial charge < -0.3 is 23.7 Å². The van der Waals surface area contributed by atoms with E-state index in [0.29, 0.717) is 24.2 Å². The van der Waals surface area contributed by atoms with Crippen LogP contribution >= 0.6 is 19.9 Å². The predicted molar refractivity (Wildman–Crippen MR) is 198 cm³/mol. The quantitative estimate of drug-likeness (QED) is 0.118. The van der Waals surface area contributed by atoms with Gasteiger partial charge in [-0.05, 0) is 106 Å². The third-order valence-electron chi connectivity index (χ3n) is 10.9. The van der Waals surface area contributed by atoms with Gasteiger partial charge in [-0.2, -0.15) is 0 Å². The van der Waals surface area contributed by atoms with E-state index in [-0.39, 0.29) is 6.42 Å². The fourth-order valence-corrected chi connectivity index (χ4v) is 11.8. The van der Waals surface area contributed by atoms with Gasteiger partial charge in [0, 0.05) is 20.2 Å². The first-order chi connectivity index (χ1) is 25.1. The lowest BCUT2D eigenvalue weighted by Crippen LogP contribution is -2.34. The first-order valence-corrected chi connectivity index (χ1v) is 20.7. The van der Waals surface area contributed by atoms with Crippen LogP contribution in [0.4, 0.5) is 0 Å². The van der Waals surface area contributed by atoms with Gasteiger partial charge in [0.25, 0.3) is 0 Å². The van der Waals surface area contributed by atoms with Crippen molar-refractivity contribution in [2.75, 3.05) is 20.3 Å². The van der Waals surface area contributed by atoms with Crippen LogP contribution in [0.2, 0.25) is 0 Å². The Morgan fingerprint density at radius 2 is 1.23 bits per heavy atom. The Labute approximate surface area is 311 Å². The van der Waals surface area contributed by atoms with Gasteiger partial charge in [0.15, 0.2) is 13.2 Å². The molecule has 2 fully saturated rings. The van der Waals surface area contributed by atoms with Crippen LogP contribution in [0.25, 0.3) is 11.1 Å². The Morgan fingerprint density at radius 3 is 1.77 bits per heavy atom. The number of halogens is 1. The minimum atomic E-state index is -2.29. The average molecular weight is 751 g/mol. The number of methoxy groups -OCH3 is 1. The molecule has 0 aromatic heterocycles. The fourth-order valence-electron chi connectivity index (χ4n) is 7.95. The van der Waals surface area contributed by atoms with E-state index in [2.05, 4.69) is 0 Å². The summed E-state index contributed by atoms with van der Waals surface area (Å²) in [6.07, 6.45) is 7.95. The van der Waals surface area contributed by atoms with Crippen molar-refractivity contribution in [2.45, 2.75) is 116 Å². The molecular weight excluding hydrogens is 704 g/mol. The lowest BCUT2D eigenvalue weighted by atomic mass is 9.94. The molecule has 6 rings (SSSR count). The van der Waals surface area contributed by atoms with Crippen molar-refractivity contribution in [3.8, 4) is 16.9 Å². The minimum Gasteiger partial charge on any atom is -0.496 e. The van der Waals surface area contributed by atoms with Crippen LogP contribution in [0.15, 0.2) is 81.4 Å². The summed E-state index contributed by atoms with van der Waals surface area (Å²) in [7, 11) is 6.92. The molecule has 3 aromatic rings. The SMILES string of the molecule is CCC1(OC(=O)COC(=O)COC(=O)C(CC(=O)OC2(CC)CCCC2)c2cc(S3(Cl)c4ccccc4-c4ccccc43)ccc2OC)CCCC1. The van der Waals surface area contributed by atoms with Crippen LogP contribution < -0.4 is 4.74 Å². The maximum atomic E-state index is 14.0. The lowest BCUT2D eigenvalue weighted by Gasteiger charge is -2.32. The molecule has 278 valence electrons. The van der Waals surface area contributed by atoms with Crippen LogP contribution in [-0.2, 0) is 38.1 Å². The number of rotatable bonds is 14. The molecule has 9 nitrogen and oxygen atoms in total. The van der Waals surface area contributed by atoms with Crippen LogP contribution in [0.1, 0.15) is 96.0 Å². The molecule has 2 aliphatic carbocycles. The number of hydrogen-bond donors (Lipinski definition) is 0. The summed E-state index contributed by atoms with van der Waals surface area (Å²) in [6.45, 7) is 2.61. The Bertz CT molecular complexity index is 1770.